The van der Waals surface area contributed by atoms with Gasteiger partial charge in [0.05, 0.1) is 12.7 Å². The molecule has 0 spiro atoms. The summed E-state index contributed by atoms with van der Waals surface area (Å²) in [7, 11) is 1.40. The van der Waals surface area contributed by atoms with E-state index < -0.39 is 0 Å². The van der Waals surface area contributed by atoms with Crippen LogP contribution in [0.3, 0.4) is 0 Å². The van der Waals surface area contributed by atoms with Crippen molar-refractivity contribution in [2.24, 2.45) is 0 Å². The minimum absolute atomic E-state index is 0.285. The van der Waals surface area contributed by atoms with Crippen LogP contribution in [-0.4, -0.2) is 43.7 Å². The van der Waals surface area contributed by atoms with Crippen LogP contribution < -0.4 is 5.32 Å². The maximum atomic E-state index is 11.3. The molecule has 1 aliphatic rings. The first-order valence-electron chi connectivity index (χ1n) is 7.32. The number of ether oxygens (including phenoxy) is 1. The highest BCUT2D eigenvalue weighted by Crippen LogP contribution is 2.09. The van der Waals surface area contributed by atoms with Crippen molar-refractivity contribution in [1.29, 1.82) is 0 Å². The highest BCUT2D eigenvalue weighted by atomic mass is 16.5. The Hall–Kier alpha value is -1.39. The van der Waals surface area contributed by atoms with Crippen LogP contribution in [0, 0.1) is 0 Å². The Labute approximate surface area is 121 Å². The zero-order chi connectivity index (χ0) is 14.4. The molecule has 1 atom stereocenters. The number of hydrogen-bond donors (Lipinski definition) is 1. The summed E-state index contributed by atoms with van der Waals surface area (Å²) in [6.45, 7) is 6.64. The van der Waals surface area contributed by atoms with Crippen molar-refractivity contribution in [1.82, 2.24) is 10.2 Å². The molecule has 1 N–H and O–H groups in total. The van der Waals surface area contributed by atoms with Gasteiger partial charge in [-0.1, -0.05) is 12.1 Å². The maximum Gasteiger partial charge on any atom is 0.337 e. The van der Waals surface area contributed by atoms with Gasteiger partial charge >= 0.3 is 5.97 Å². The summed E-state index contributed by atoms with van der Waals surface area (Å²) >= 11 is 0. The first-order chi connectivity index (χ1) is 9.69. The molecule has 0 amide bonds. The van der Waals surface area contributed by atoms with Crippen LogP contribution in [0.15, 0.2) is 24.3 Å². The van der Waals surface area contributed by atoms with E-state index in [1.165, 1.54) is 38.6 Å². The van der Waals surface area contributed by atoms with Gasteiger partial charge < -0.3 is 15.0 Å². The molecule has 20 heavy (non-hydrogen) atoms. The summed E-state index contributed by atoms with van der Waals surface area (Å²) in [5, 5.41) is 3.53. The largest absolute Gasteiger partial charge is 0.465 e. The molecule has 1 aromatic carbocycles. The lowest BCUT2D eigenvalue weighted by Crippen LogP contribution is -2.37. The molecular weight excluding hydrogens is 252 g/mol. The summed E-state index contributed by atoms with van der Waals surface area (Å²) in [5.41, 5.74) is 1.78. The summed E-state index contributed by atoms with van der Waals surface area (Å²) in [5.74, 6) is -0.285. The number of nitrogens with zero attached hydrogens (tertiary/aromatic N) is 1. The highest BCUT2D eigenvalue weighted by Gasteiger charge is 2.14. The van der Waals surface area contributed by atoms with Gasteiger partial charge in [0.1, 0.15) is 0 Å². The van der Waals surface area contributed by atoms with E-state index in [1.807, 2.05) is 24.3 Å². The van der Waals surface area contributed by atoms with E-state index in [0.717, 1.165) is 13.1 Å². The molecule has 1 aromatic rings. The molecule has 0 bridgehead atoms. The van der Waals surface area contributed by atoms with E-state index >= 15 is 0 Å². The van der Waals surface area contributed by atoms with Gasteiger partial charge in [-0.3, -0.25) is 0 Å². The van der Waals surface area contributed by atoms with Crippen molar-refractivity contribution < 1.29 is 9.53 Å². The molecule has 4 nitrogen and oxygen atoms in total. The second-order valence-corrected chi connectivity index (χ2v) is 5.48. The van der Waals surface area contributed by atoms with Crippen molar-refractivity contribution in [3.63, 3.8) is 0 Å². The normalized spacial score (nSPS) is 17.1. The lowest BCUT2D eigenvalue weighted by atomic mass is 10.1. The van der Waals surface area contributed by atoms with Crippen LogP contribution in [0.25, 0.3) is 0 Å². The molecule has 0 radical (unpaired) electrons. The van der Waals surface area contributed by atoms with E-state index in [1.54, 1.807) is 0 Å². The van der Waals surface area contributed by atoms with E-state index in [0.29, 0.717) is 11.6 Å². The smallest absolute Gasteiger partial charge is 0.337 e. The van der Waals surface area contributed by atoms with Crippen molar-refractivity contribution in [2.45, 2.75) is 32.4 Å². The Kier molecular flexibility index (Phi) is 5.56. The van der Waals surface area contributed by atoms with Gasteiger partial charge in [0.15, 0.2) is 0 Å². The molecule has 1 unspecified atom stereocenters. The zero-order valence-electron chi connectivity index (χ0n) is 12.4. The molecule has 1 fully saturated rings. The fourth-order valence-electron chi connectivity index (χ4n) is 2.59. The van der Waals surface area contributed by atoms with Crippen LogP contribution in [0.1, 0.15) is 35.7 Å². The third-order valence-electron chi connectivity index (χ3n) is 3.76. The third-order valence-corrected chi connectivity index (χ3v) is 3.76. The van der Waals surface area contributed by atoms with E-state index in [9.17, 15) is 4.79 Å². The van der Waals surface area contributed by atoms with Gasteiger partial charge in [-0.15, -0.1) is 0 Å². The Balaban J connectivity index is 1.76. The molecule has 4 heteroatoms. The number of methoxy groups -OCH3 is 1. The quantitative estimate of drug-likeness (QED) is 0.807. The molecule has 0 aliphatic carbocycles. The van der Waals surface area contributed by atoms with Crippen molar-refractivity contribution in [2.75, 3.05) is 26.7 Å². The predicted octanol–water partition coefficient (Wildman–Crippen LogP) is 2.05. The molecule has 110 valence electrons. The van der Waals surface area contributed by atoms with Gasteiger partial charge in [-0.2, -0.15) is 0 Å². The average Bonchev–Trinajstić information content (AvgIpc) is 2.97. The fourth-order valence-corrected chi connectivity index (χ4v) is 2.59. The summed E-state index contributed by atoms with van der Waals surface area (Å²) in [6.07, 6.45) is 2.67. The first-order valence-corrected chi connectivity index (χ1v) is 7.32. The van der Waals surface area contributed by atoms with Crippen LogP contribution >= 0.6 is 0 Å². The lowest BCUT2D eigenvalue weighted by molar-refractivity contribution is 0.0600. The van der Waals surface area contributed by atoms with E-state index in [4.69, 9.17) is 0 Å². The second kappa shape index (κ2) is 7.41. The average molecular weight is 276 g/mol. The number of hydrogen-bond acceptors (Lipinski definition) is 4. The first kappa shape index (κ1) is 15.0. The van der Waals surface area contributed by atoms with E-state index in [2.05, 4.69) is 21.9 Å². The van der Waals surface area contributed by atoms with Crippen molar-refractivity contribution in [3.05, 3.63) is 35.4 Å². The molecular formula is C16H24N2O2. The topological polar surface area (TPSA) is 41.6 Å². The molecule has 1 saturated heterocycles. The van der Waals surface area contributed by atoms with Crippen molar-refractivity contribution in [3.8, 4) is 0 Å². The van der Waals surface area contributed by atoms with Gasteiger partial charge in [0, 0.05) is 19.1 Å². The molecule has 1 aliphatic heterocycles. The molecule has 0 saturated carbocycles. The van der Waals surface area contributed by atoms with Crippen LogP contribution in [0.5, 0.6) is 0 Å². The molecule has 1 heterocycles. The fraction of sp³-hybridized carbons (Fsp3) is 0.562. The second-order valence-electron chi connectivity index (χ2n) is 5.48. The lowest BCUT2D eigenvalue weighted by Gasteiger charge is -2.21. The summed E-state index contributed by atoms with van der Waals surface area (Å²) in [4.78, 5) is 13.9. The van der Waals surface area contributed by atoms with E-state index in [-0.39, 0.29) is 5.97 Å². The van der Waals surface area contributed by atoms with Gasteiger partial charge in [0.25, 0.3) is 0 Å². The number of nitrogens with one attached hydrogen (secondary N) is 1. The number of rotatable bonds is 6. The number of benzene rings is 1. The number of esters is 1. The van der Waals surface area contributed by atoms with Gasteiger partial charge in [0.2, 0.25) is 0 Å². The van der Waals surface area contributed by atoms with Crippen LogP contribution in [-0.2, 0) is 11.3 Å². The molecule has 0 aromatic heterocycles. The van der Waals surface area contributed by atoms with Gasteiger partial charge in [-0.05, 0) is 50.6 Å². The monoisotopic (exact) mass is 276 g/mol. The third kappa shape index (κ3) is 4.32. The number of likely N-dealkylation sites (tertiary alicyclic amines) is 1. The minimum Gasteiger partial charge on any atom is -0.465 e. The Morgan fingerprint density at radius 2 is 1.95 bits per heavy atom. The summed E-state index contributed by atoms with van der Waals surface area (Å²) in [6, 6.07) is 8.06. The molecule has 2 rings (SSSR count). The van der Waals surface area contributed by atoms with Crippen LogP contribution in [0.2, 0.25) is 0 Å². The van der Waals surface area contributed by atoms with Crippen LogP contribution in [0.4, 0.5) is 0 Å². The Bertz CT molecular complexity index is 425. The highest BCUT2D eigenvalue weighted by molar-refractivity contribution is 5.89. The Morgan fingerprint density at radius 1 is 1.30 bits per heavy atom. The standard InChI is InChI=1S/C16H24N2O2/c1-13(12-18-9-3-4-10-18)17-11-14-5-7-15(8-6-14)16(19)20-2/h5-8,13,17H,3-4,9-12H2,1-2H3. The maximum absolute atomic E-state index is 11.3. The van der Waals surface area contributed by atoms with Gasteiger partial charge in [-0.25, -0.2) is 4.79 Å². The Morgan fingerprint density at radius 3 is 2.55 bits per heavy atom. The number of carbonyl (C=O) groups excluding carboxylic acids is 1. The minimum atomic E-state index is -0.285. The predicted molar refractivity (Wildman–Crippen MR) is 79.8 cm³/mol. The summed E-state index contributed by atoms with van der Waals surface area (Å²) < 4.78 is 4.69. The number of carbonyl (C=O) groups is 1. The van der Waals surface area contributed by atoms with Crippen molar-refractivity contribution >= 4 is 5.97 Å². The zero-order valence-corrected chi connectivity index (χ0v) is 12.4. The SMILES string of the molecule is COC(=O)c1ccc(CNC(C)CN2CCCC2)cc1.